The summed E-state index contributed by atoms with van der Waals surface area (Å²) in [6.07, 6.45) is 0. The summed E-state index contributed by atoms with van der Waals surface area (Å²) in [6.45, 7) is 2.97. The van der Waals surface area contributed by atoms with Gasteiger partial charge in [0.15, 0.2) is 11.5 Å². The Bertz CT molecular complexity index is 541. The summed E-state index contributed by atoms with van der Waals surface area (Å²) < 4.78 is 36.9. The van der Waals surface area contributed by atoms with Crippen molar-refractivity contribution in [2.24, 2.45) is 0 Å². The highest BCUT2D eigenvalue weighted by molar-refractivity contribution is 7.89. The fraction of sp³-hybridized carbons (Fsp3) is 0.500. The molecule has 0 saturated heterocycles. The number of aliphatic hydroxyl groups is 1. The maximum Gasteiger partial charge on any atom is 0.241 e. The topological polar surface area (TPSA) is 84.9 Å². The summed E-state index contributed by atoms with van der Waals surface area (Å²) in [5, 5.41) is 8.93. The number of hydrogen-bond donors (Lipinski definition) is 2. The molecular formula is C12H19NO5S. The molecule has 0 spiro atoms. The van der Waals surface area contributed by atoms with Gasteiger partial charge in [-0.1, -0.05) is 0 Å². The SMILES string of the molecule is COc1cc(C)c(S(=O)(=O)N[C@@H](C)CO)cc1OC. The van der Waals surface area contributed by atoms with Crippen molar-refractivity contribution in [2.75, 3.05) is 20.8 Å². The van der Waals surface area contributed by atoms with Crippen LogP contribution in [0.25, 0.3) is 0 Å². The van der Waals surface area contributed by atoms with E-state index in [-0.39, 0.29) is 11.5 Å². The number of aryl methyl sites for hydroxylation is 1. The van der Waals surface area contributed by atoms with Crippen LogP contribution in [0.2, 0.25) is 0 Å². The second kappa shape index (κ2) is 6.23. The molecule has 0 saturated carbocycles. The van der Waals surface area contributed by atoms with Crippen molar-refractivity contribution in [3.05, 3.63) is 17.7 Å². The molecule has 19 heavy (non-hydrogen) atoms. The number of sulfonamides is 1. The highest BCUT2D eigenvalue weighted by atomic mass is 32.2. The maximum atomic E-state index is 12.2. The number of benzene rings is 1. The monoisotopic (exact) mass is 289 g/mol. The molecule has 0 amide bonds. The van der Waals surface area contributed by atoms with Gasteiger partial charge in [-0.15, -0.1) is 0 Å². The molecule has 0 heterocycles. The third-order valence-electron chi connectivity index (χ3n) is 2.60. The van der Waals surface area contributed by atoms with Gasteiger partial charge in [0.05, 0.1) is 25.7 Å². The summed E-state index contributed by atoms with van der Waals surface area (Å²) in [7, 11) is -0.784. The van der Waals surface area contributed by atoms with Gasteiger partial charge in [0.1, 0.15) is 0 Å². The Balaban J connectivity index is 3.27. The van der Waals surface area contributed by atoms with Crippen LogP contribution in [-0.2, 0) is 10.0 Å². The first-order chi connectivity index (χ1) is 8.85. The molecule has 0 unspecified atom stereocenters. The van der Waals surface area contributed by atoms with Gasteiger partial charge in [-0.05, 0) is 25.5 Å². The van der Waals surface area contributed by atoms with Crippen molar-refractivity contribution in [3.8, 4) is 11.5 Å². The number of nitrogens with one attached hydrogen (secondary N) is 1. The Morgan fingerprint density at radius 3 is 2.26 bits per heavy atom. The molecule has 0 bridgehead atoms. The standard InChI is InChI=1S/C12H19NO5S/c1-8-5-10(17-3)11(18-4)6-12(8)19(15,16)13-9(2)7-14/h5-6,9,13-14H,7H2,1-4H3/t9-/m0/s1. The van der Waals surface area contributed by atoms with Crippen LogP contribution in [-0.4, -0.2) is 40.4 Å². The minimum absolute atomic E-state index is 0.102. The Labute approximate surface area is 113 Å². The summed E-state index contributed by atoms with van der Waals surface area (Å²) >= 11 is 0. The molecule has 7 heteroatoms. The molecule has 1 aromatic rings. The average molecular weight is 289 g/mol. The van der Waals surface area contributed by atoms with Crippen molar-refractivity contribution < 1.29 is 23.0 Å². The smallest absolute Gasteiger partial charge is 0.241 e. The molecule has 0 radical (unpaired) electrons. The van der Waals surface area contributed by atoms with E-state index in [9.17, 15) is 8.42 Å². The zero-order valence-corrected chi connectivity index (χ0v) is 12.2. The Morgan fingerprint density at radius 1 is 1.26 bits per heavy atom. The third-order valence-corrected chi connectivity index (χ3v) is 4.33. The van der Waals surface area contributed by atoms with E-state index < -0.39 is 16.1 Å². The predicted molar refractivity (Wildman–Crippen MR) is 71.2 cm³/mol. The molecule has 6 nitrogen and oxygen atoms in total. The van der Waals surface area contributed by atoms with E-state index in [2.05, 4.69) is 4.72 Å². The Morgan fingerprint density at radius 2 is 1.79 bits per heavy atom. The van der Waals surface area contributed by atoms with Gasteiger partial charge in [-0.25, -0.2) is 13.1 Å². The van der Waals surface area contributed by atoms with E-state index in [4.69, 9.17) is 14.6 Å². The largest absolute Gasteiger partial charge is 0.493 e. The first-order valence-electron chi connectivity index (χ1n) is 5.71. The summed E-state index contributed by atoms with van der Waals surface area (Å²) in [6, 6.07) is 2.44. The fourth-order valence-corrected chi connectivity index (χ4v) is 3.09. The molecule has 1 aromatic carbocycles. The zero-order chi connectivity index (χ0) is 14.6. The molecule has 1 atom stereocenters. The quantitative estimate of drug-likeness (QED) is 0.804. The molecule has 0 aliphatic rings. The van der Waals surface area contributed by atoms with Crippen molar-refractivity contribution in [1.82, 2.24) is 4.72 Å². The predicted octanol–water partition coefficient (Wildman–Crippen LogP) is 0.671. The molecule has 1 rings (SSSR count). The zero-order valence-electron chi connectivity index (χ0n) is 11.4. The molecule has 2 N–H and O–H groups in total. The van der Waals surface area contributed by atoms with Crippen LogP contribution in [0.15, 0.2) is 17.0 Å². The van der Waals surface area contributed by atoms with E-state index in [1.54, 1.807) is 19.9 Å². The Kier molecular flexibility index (Phi) is 5.16. The van der Waals surface area contributed by atoms with E-state index >= 15 is 0 Å². The highest BCUT2D eigenvalue weighted by Crippen LogP contribution is 2.32. The number of hydrogen-bond acceptors (Lipinski definition) is 5. The van der Waals surface area contributed by atoms with Gasteiger partial charge < -0.3 is 14.6 Å². The number of methoxy groups -OCH3 is 2. The van der Waals surface area contributed by atoms with Crippen LogP contribution in [0.5, 0.6) is 11.5 Å². The molecule has 108 valence electrons. The van der Waals surface area contributed by atoms with E-state index in [1.807, 2.05) is 0 Å². The molecule has 0 aliphatic carbocycles. The summed E-state index contributed by atoms with van der Waals surface area (Å²) in [4.78, 5) is 0.102. The van der Waals surface area contributed by atoms with Crippen molar-refractivity contribution in [1.29, 1.82) is 0 Å². The average Bonchev–Trinajstić information content (AvgIpc) is 2.37. The second-order valence-electron chi connectivity index (χ2n) is 4.18. The fourth-order valence-electron chi connectivity index (χ4n) is 1.62. The summed E-state index contributed by atoms with van der Waals surface area (Å²) in [5.41, 5.74) is 0.537. The lowest BCUT2D eigenvalue weighted by Gasteiger charge is -2.15. The van der Waals surface area contributed by atoms with Gasteiger partial charge in [-0.3, -0.25) is 0 Å². The number of rotatable bonds is 6. The lowest BCUT2D eigenvalue weighted by molar-refractivity contribution is 0.265. The second-order valence-corrected chi connectivity index (χ2v) is 5.86. The minimum Gasteiger partial charge on any atom is -0.493 e. The van der Waals surface area contributed by atoms with Crippen LogP contribution >= 0.6 is 0 Å². The molecule has 0 fully saturated rings. The van der Waals surface area contributed by atoms with Gasteiger partial charge in [0.2, 0.25) is 10.0 Å². The van der Waals surface area contributed by atoms with Crippen LogP contribution in [0, 0.1) is 6.92 Å². The number of ether oxygens (including phenoxy) is 2. The first kappa shape index (κ1) is 15.7. The van der Waals surface area contributed by atoms with Crippen LogP contribution < -0.4 is 14.2 Å². The van der Waals surface area contributed by atoms with Crippen molar-refractivity contribution in [3.63, 3.8) is 0 Å². The molecule has 0 aliphatic heterocycles. The molecule has 0 aromatic heterocycles. The number of aliphatic hydroxyl groups excluding tert-OH is 1. The molecular weight excluding hydrogens is 270 g/mol. The van der Waals surface area contributed by atoms with Crippen molar-refractivity contribution >= 4 is 10.0 Å². The third kappa shape index (κ3) is 3.59. The maximum absolute atomic E-state index is 12.2. The van der Waals surface area contributed by atoms with Gasteiger partial charge in [0, 0.05) is 12.1 Å². The normalized spacial score (nSPS) is 13.1. The Hall–Kier alpha value is -1.31. The summed E-state index contributed by atoms with van der Waals surface area (Å²) in [5.74, 6) is 0.805. The van der Waals surface area contributed by atoms with Crippen LogP contribution in [0.1, 0.15) is 12.5 Å². The van der Waals surface area contributed by atoms with Gasteiger partial charge in [0.25, 0.3) is 0 Å². The lowest BCUT2D eigenvalue weighted by atomic mass is 10.2. The van der Waals surface area contributed by atoms with E-state index in [0.29, 0.717) is 17.1 Å². The van der Waals surface area contributed by atoms with Crippen molar-refractivity contribution in [2.45, 2.75) is 24.8 Å². The highest BCUT2D eigenvalue weighted by Gasteiger charge is 2.21. The first-order valence-corrected chi connectivity index (χ1v) is 7.19. The van der Waals surface area contributed by atoms with Gasteiger partial charge in [-0.2, -0.15) is 0 Å². The van der Waals surface area contributed by atoms with Gasteiger partial charge >= 0.3 is 0 Å². The van der Waals surface area contributed by atoms with E-state index in [0.717, 1.165) is 0 Å². The lowest BCUT2D eigenvalue weighted by Crippen LogP contribution is -2.35. The minimum atomic E-state index is -3.71. The van der Waals surface area contributed by atoms with Crippen LogP contribution in [0.3, 0.4) is 0 Å². The van der Waals surface area contributed by atoms with Crippen LogP contribution in [0.4, 0.5) is 0 Å². The van der Waals surface area contributed by atoms with E-state index in [1.165, 1.54) is 20.3 Å².